The number of aldehydes is 1. The van der Waals surface area contributed by atoms with Crippen molar-refractivity contribution in [2.24, 2.45) is 0 Å². The number of carbonyl (C=O) groups excluding carboxylic acids is 1. The average molecular weight is 306 g/mol. The van der Waals surface area contributed by atoms with E-state index in [1.807, 2.05) is 24.3 Å². The summed E-state index contributed by atoms with van der Waals surface area (Å²) in [5, 5.41) is 0. The maximum absolute atomic E-state index is 12.5. The summed E-state index contributed by atoms with van der Waals surface area (Å²) in [6.07, 6.45) is -0.0507. The van der Waals surface area contributed by atoms with Crippen molar-refractivity contribution >= 4 is 6.29 Å². The minimum atomic E-state index is -4.30. The van der Waals surface area contributed by atoms with E-state index in [9.17, 15) is 18.0 Å². The zero-order chi connectivity index (χ0) is 16.0. The Morgan fingerprint density at radius 3 is 1.86 bits per heavy atom. The minimum Gasteiger partial charge on any atom is -0.303 e. The number of hydrogen-bond donors (Lipinski definition) is 0. The van der Waals surface area contributed by atoms with Gasteiger partial charge in [0, 0.05) is 6.42 Å². The molecule has 0 unspecified atom stereocenters. The Balaban J connectivity index is 2.02. The predicted molar refractivity (Wildman–Crippen MR) is 80.5 cm³/mol. The first kappa shape index (κ1) is 16.3. The zero-order valence-electron chi connectivity index (χ0n) is 12.1. The van der Waals surface area contributed by atoms with E-state index >= 15 is 0 Å². The molecule has 0 atom stereocenters. The van der Waals surface area contributed by atoms with Gasteiger partial charge in [0.2, 0.25) is 0 Å². The van der Waals surface area contributed by atoms with Crippen molar-refractivity contribution in [2.45, 2.75) is 31.9 Å². The second-order valence-electron chi connectivity index (χ2n) is 5.18. The summed E-state index contributed by atoms with van der Waals surface area (Å²) in [5.41, 5.74) is 2.19. The van der Waals surface area contributed by atoms with E-state index in [1.165, 1.54) is 17.7 Å². The van der Waals surface area contributed by atoms with Crippen LogP contribution in [0.5, 0.6) is 0 Å². The second-order valence-corrected chi connectivity index (χ2v) is 5.18. The van der Waals surface area contributed by atoms with Gasteiger partial charge in [-0.15, -0.1) is 0 Å². The molecule has 0 saturated heterocycles. The topological polar surface area (TPSA) is 17.1 Å². The van der Waals surface area contributed by atoms with E-state index in [4.69, 9.17) is 0 Å². The molecule has 0 saturated carbocycles. The molecule has 2 rings (SSSR count). The van der Waals surface area contributed by atoms with Gasteiger partial charge in [-0.3, -0.25) is 0 Å². The lowest BCUT2D eigenvalue weighted by atomic mass is 10.0. The molecule has 4 heteroatoms. The van der Waals surface area contributed by atoms with Crippen LogP contribution in [0, 0.1) is 0 Å². The third-order valence-corrected chi connectivity index (χ3v) is 3.54. The van der Waals surface area contributed by atoms with Crippen molar-refractivity contribution in [3.05, 3.63) is 59.7 Å². The highest BCUT2D eigenvalue weighted by Crippen LogP contribution is 2.31. The molecule has 0 aliphatic rings. The molecular formula is C18H17F3O. The van der Waals surface area contributed by atoms with E-state index in [-0.39, 0.29) is 0 Å². The SMILES string of the molecule is O=CCCCCc1ccc(-c2ccc(C(F)(F)F)cc2)cc1. The quantitative estimate of drug-likeness (QED) is 0.524. The van der Waals surface area contributed by atoms with Crippen molar-refractivity contribution in [1.29, 1.82) is 0 Å². The van der Waals surface area contributed by atoms with E-state index in [1.54, 1.807) is 0 Å². The number of carbonyl (C=O) groups is 1. The molecule has 2 aromatic carbocycles. The second kappa shape index (κ2) is 7.25. The summed E-state index contributed by atoms with van der Waals surface area (Å²) in [6.45, 7) is 0. The molecule has 0 heterocycles. The molecular weight excluding hydrogens is 289 g/mol. The van der Waals surface area contributed by atoms with E-state index in [0.717, 1.165) is 48.8 Å². The summed E-state index contributed by atoms with van der Waals surface area (Å²) in [5.74, 6) is 0. The highest BCUT2D eigenvalue weighted by Gasteiger charge is 2.29. The Hall–Kier alpha value is -2.10. The Labute approximate surface area is 127 Å². The molecule has 0 aromatic heterocycles. The first-order chi connectivity index (χ1) is 10.5. The average Bonchev–Trinajstić information content (AvgIpc) is 2.51. The third kappa shape index (κ3) is 4.45. The molecule has 0 fully saturated rings. The predicted octanol–water partition coefficient (Wildman–Crippen LogP) is 5.28. The minimum absolute atomic E-state index is 0.587. The zero-order valence-corrected chi connectivity index (χ0v) is 12.1. The molecule has 0 amide bonds. The van der Waals surface area contributed by atoms with Crippen molar-refractivity contribution in [1.82, 2.24) is 0 Å². The van der Waals surface area contributed by atoms with Crippen LogP contribution in [0.15, 0.2) is 48.5 Å². The van der Waals surface area contributed by atoms with Crippen LogP contribution in [0.2, 0.25) is 0 Å². The van der Waals surface area contributed by atoms with Gasteiger partial charge in [-0.2, -0.15) is 13.2 Å². The Morgan fingerprint density at radius 1 is 0.818 bits per heavy atom. The fraction of sp³-hybridized carbons (Fsp3) is 0.278. The lowest BCUT2D eigenvalue weighted by Crippen LogP contribution is -2.03. The Morgan fingerprint density at radius 2 is 1.36 bits per heavy atom. The molecule has 0 bridgehead atoms. The number of rotatable bonds is 6. The molecule has 0 N–H and O–H groups in total. The largest absolute Gasteiger partial charge is 0.416 e. The first-order valence-corrected chi connectivity index (χ1v) is 7.21. The maximum atomic E-state index is 12.5. The number of unbranched alkanes of at least 4 members (excludes halogenated alkanes) is 2. The maximum Gasteiger partial charge on any atom is 0.416 e. The van der Waals surface area contributed by atoms with Crippen LogP contribution in [0.3, 0.4) is 0 Å². The smallest absolute Gasteiger partial charge is 0.303 e. The lowest BCUT2D eigenvalue weighted by molar-refractivity contribution is -0.137. The standard InChI is InChI=1S/C18H17F3O/c19-18(20,21)17-11-9-16(10-12-17)15-7-5-14(6-8-15)4-2-1-3-13-22/h5-13H,1-4H2. The lowest BCUT2D eigenvalue weighted by Gasteiger charge is -2.08. The Kier molecular flexibility index (Phi) is 5.36. The van der Waals surface area contributed by atoms with Gasteiger partial charge in [0.15, 0.2) is 0 Å². The molecule has 1 nitrogen and oxygen atoms in total. The summed E-state index contributed by atoms with van der Waals surface area (Å²) in [7, 11) is 0. The molecule has 0 radical (unpaired) electrons. The van der Waals surface area contributed by atoms with Gasteiger partial charge in [0.25, 0.3) is 0 Å². The van der Waals surface area contributed by atoms with Crippen LogP contribution in [0.25, 0.3) is 11.1 Å². The molecule has 0 aliphatic carbocycles. The molecule has 0 spiro atoms. The summed E-state index contributed by atoms with van der Waals surface area (Å²) in [4.78, 5) is 10.2. The molecule has 22 heavy (non-hydrogen) atoms. The van der Waals surface area contributed by atoms with Crippen molar-refractivity contribution in [3.8, 4) is 11.1 Å². The fourth-order valence-electron chi connectivity index (χ4n) is 2.27. The number of halogens is 3. The highest BCUT2D eigenvalue weighted by atomic mass is 19.4. The van der Waals surface area contributed by atoms with Gasteiger partial charge in [-0.05, 0) is 48.1 Å². The summed E-state index contributed by atoms with van der Waals surface area (Å²) < 4.78 is 37.6. The monoisotopic (exact) mass is 306 g/mol. The molecule has 0 aliphatic heterocycles. The molecule has 2 aromatic rings. The van der Waals surface area contributed by atoms with Crippen LogP contribution < -0.4 is 0 Å². The van der Waals surface area contributed by atoms with Crippen molar-refractivity contribution < 1.29 is 18.0 Å². The van der Waals surface area contributed by atoms with Crippen LogP contribution >= 0.6 is 0 Å². The van der Waals surface area contributed by atoms with Crippen LogP contribution in [0.1, 0.15) is 30.4 Å². The molecule has 116 valence electrons. The van der Waals surface area contributed by atoms with Crippen LogP contribution in [-0.2, 0) is 17.4 Å². The summed E-state index contributed by atoms with van der Waals surface area (Å²) >= 11 is 0. The van der Waals surface area contributed by atoms with E-state index in [0.29, 0.717) is 6.42 Å². The summed E-state index contributed by atoms with van der Waals surface area (Å²) in [6, 6.07) is 13.0. The van der Waals surface area contributed by atoms with Gasteiger partial charge < -0.3 is 4.79 Å². The number of benzene rings is 2. The van der Waals surface area contributed by atoms with Gasteiger partial charge >= 0.3 is 6.18 Å². The highest BCUT2D eigenvalue weighted by molar-refractivity contribution is 5.64. The fourth-order valence-corrected chi connectivity index (χ4v) is 2.27. The van der Waals surface area contributed by atoms with Gasteiger partial charge in [-0.1, -0.05) is 36.4 Å². The third-order valence-electron chi connectivity index (χ3n) is 3.54. The van der Waals surface area contributed by atoms with Crippen LogP contribution in [0.4, 0.5) is 13.2 Å². The van der Waals surface area contributed by atoms with Gasteiger partial charge in [0.05, 0.1) is 5.56 Å². The normalized spacial score (nSPS) is 11.4. The Bertz CT molecular complexity index is 598. The van der Waals surface area contributed by atoms with Crippen molar-refractivity contribution in [3.63, 3.8) is 0 Å². The number of hydrogen-bond acceptors (Lipinski definition) is 1. The number of aryl methyl sites for hydroxylation is 1. The van der Waals surface area contributed by atoms with E-state index in [2.05, 4.69) is 0 Å². The van der Waals surface area contributed by atoms with Crippen molar-refractivity contribution in [2.75, 3.05) is 0 Å². The van der Waals surface area contributed by atoms with E-state index < -0.39 is 11.7 Å². The number of alkyl halides is 3. The van der Waals surface area contributed by atoms with Crippen LogP contribution in [-0.4, -0.2) is 6.29 Å². The van der Waals surface area contributed by atoms with Gasteiger partial charge in [-0.25, -0.2) is 0 Å². The first-order valence-electron chi connectivity index (χ1n) is 7.21. The van der Waals surface area contributed by atoms with Gasteiger partial charge in [0.1, 0.15) is 6.29 Å².